The predicted octanol–water partition coefficient (Wildman–Crippen LogP) is 5.67. The zero-order valence-corrected chi connectivity index (χ0v) is 16.6. The molecule has 2 aliphatic rings. The topological polar surface area (TPSA) is 46.5 Å². The molecular formula is C23H23ClO3. The van der Waals surface area contributed by atoms with Crippen LogP contribution in [0.25, 0.3) is 16.7 Å². The normalized spacial score (nSPS) is 24.6. The van der Waals surface area contributed by atoms with E-state index in [1.165, 1.54) is 0 Å². The van der Waals surface area contributed by atoms with Gasteiger partial charge in [-0.05, 0) is 73.1 Å². The first-order chi connectivity index (χ1) is 12.8. The van der Waals surface area contributed by atoms with Gasteiger partial charge in [0, 0.05) is 5.02 Å². The third-order valence-electron chi connectivity index (χ3n) is 5.81. The first-order valence-corrected chi connectivity index (χ1v) is 9.77. The molecule has 2 heterocycles. The van der Waals surface area contributed by atoms with Crippen molar-refractivity contribution in [3.05, 3.63) is 63.9 Å². The van der Waals surface area contributed by atoms with E-state index in [0.717, 1.165) is 39.3 Å². The summed E-state index contributed by atoms with van der Waals surface area (Å²) < 4.78 is 5.78. The third kappa shape index (κ3) is 2.90. The zero-order chi connectivity index (χ0) is 19.3. The number of Topliss-reactive ketones (excluding diaryl/α,β-unsaturated/α-hetero) is 1. The maximum absolute atomic E-state index is 12.9. The molecule has 140 valence electrons. The molecule has 0 aliphatic carbocycles. The van der Waals surface area contributed by atoms with Crippen LogP contribution in [0.3, 0.4) is 0 Å². The molecule has 2 aromatic carbocycles. The number of fused-ring (bicyclic) bond motifs is 2. The summed E-state index contributed by atoms with van der Waals surface area (Å²) in [5.41, 5.74) is 4.73. The van der Waals surface area contributed by atoms with E-state index in [9.17, 15) is 9.90 Å². The van der Waals surface area contributed by atoms with Crippen LogP contribution in [0, 0.1) is 6.92 Å². The average molecular weight is 383 g/mol. The fourth-order valence-corrected chi connectivity index (χ4v) is 4.25. The monoisotopic (exact) mass is 382 g/mol. The number of carbonyl (C=O) groups is 1. The summed E-state index contributed by atoms with van der Waals surface area (Å²) in [5.74, 6) is -0.0294. The minimum Gasteiger partial charge on any atom is -0.508 e. The van der Waals surface area contributed by atoms with Crippen LogP contribution in [0.2, 0.25) is 5.02 Å². The molecule has 0 saturated carbocycles. The minimum atomic E-state index is -0.745. The molecule has 2 aliphatic heterocycles. The van der Waals surface area contributed by atoms with Gasteiger partial charge in [-0.15, -0.1) is 0 Å². The maximum Gasteiger partial charge on any atom is 0.195 e. The van der Waals surface area contributed by atoms with E-state index in [2.05, 4.69) is 19.1 Å². The molecule has 1 fully saturated rings. The van der Waals surface area contributed by atoms with Crippen molar-refractivity contribution in [2.75, 3.05) is 0 Å². The van der Waals surface area contributed by atoms with E-state index in [1.807, 2.05) is 38.1 Å². The van der Waals surface area contributed by atoms with Crippen molar-refractivity contribution in [2.45, 2.75) is 51.7 Å². The third-order valence-corrected chi connectivity index (χ3v) is 6.23. The number of halogens is 1. The van der Waals surface area contributed by atoms with Crippen LogP contribution in [0.15, 0.2) is 42.2 Å². The van der Waals surface area contributed by atoms with Crippen LogP contribution in [-0.2, 0) is 16.0 Å². The van der Waals surface area contributed by atoms with Crippen molar-refractivity contribution >= 4 is 23.0 Å². The van der Waals surface area contributed by atoms with Gasteiger partial charge < -0.3 is 9.84 Å². The second kappa shape index (κ2) is 6.50. The predicted molar refractivity (Wildman–Crippen MR) is 108 cm³/mol. The summed E-state index contributed by atoms with van der Waals surface area (Å²) in [5, 5.41) is 11.6. The number of aryl methyl sites for hydroxylation is 2. The van der Waals surface area contributed by atoms with Gasteiger partial charge in [0.25, 0.3) is 0 Å². The first kappa shape index (κ1) is 18.3. The van der Waals surface area contributed by atoms with E-state index in [4.69, 9.17) is 16.3 Å². The van der Waals surface area contributed by atoms with E-state index in [0.29, 0.717) is 18.4 Å². The molecule has 1 saturated heterocycles. The van der Waals surface area contributed by atoms with Crippen molar-refractivity contribution in [3.63, 3.8) is 0 Å². The average Bonchev–Trinajstić information content (AvgIpc) is 3.04. The van der Waals surface area contributed by atoms with Crippen LogP contribution in [0.5, 0.6) is 0 Å². The van der Waals surface area contributed by atoms with E-state index in [-0.39, 0.29) is 11.5 Å². The lowest BCUT2D eigenvalue weighted by Gasteiger charge is -2.31. The van der Waals surface area contributed by atoms with Gasteiger partial charge in [0.1, 0.15) is 17.5 Å². The van der Waals surface area contributed by atoms with Gasteiger partial charge in [-0.1, -0.05) is 42.8 Å². The Morgan fingerprint density at radius 2 is 1.93 bits per heavy atom. The van der Waals surface area contributed by atoms with Gasteiger partial charge in [0.05, 0.1) is 5.57 Å². The van der Waals surface area contributed by atoms with Crippen LogP contribution < -0.4 is 0 Å². The van der Waals surface area contributed by atoms with Crippen LogP contribution in [0.1, 0.15) is 43.4 Å². The molecular weight excluding hydrogens is 360 g/mol. The van der Waals surface area contributed by atoms with Crippen LogP contribution in [-0.4, -0.2) is 22.6 Å². The van der Waals surface area contributed by atoms with Gasteiger partial charge in [-0.3, -0.25) is 4.79 Å². The number of rotatable bonds is 3. The number of hydrogen-bond donors (Lipinski definition) is 1. The number of aliphatic hydroxyl groups is 1. The Kier molecular flexibility index (Phi) is 4.40. The highest BCUT2D eigenvalue weighted by Gasteiger charge is 2.50. The number of ketones is 1. The largest absolute Gasteiger partial charge is 0.508 e. The number of ether oxygens (including phenoxy) is 1. The van der Waals surface area contributed by atoms with Crippen LogP contribution in [0.4, 0.5) is 0 Å². The lowest BCUT2D eigenvalue weighted by atomic mass is 9.86. The lowest BCUT2D eigenvalue weighted by molar-refractivity contribution is -0.130. The van der Waals surface area contributed by atoms with Gasteiger partial charge in [-0.2, -0.15) is 0 Å². The Balaban J connectivity index is 1.83. The Labute approximate surface area is 164 Å². The van der Waals surface area contributed by atoms with E-state index in [1.54, 1.807) is 0 Å². The molecule has 0 spiro atoms. The highest BCUT2D eigenvalue weighted by atomic mass is 35.5. The molecule has 0 radical (unpaired) electrons. The molecule has 2 atom stereocenters. The second-order valence-corrected chi connectivity index (χ2v) is 8.06. The molecule has 0 amide bonds. The lowest BCUT2D eigenvalue weighted by Crippen LogP contribution is -2.37. The van der Waals surface area contributed by atoms with Crippen molar-refractivity contribution < 1.29 is 14.6 Å². The molecule has 1 N–H and O–H groups in total. The number of benzene rings is 2. The Morgan fingerprint density at radius 3 is 2.63 bits per heavy atom. The van der Waals surface area contributed by atoms with Gasteiger partial charge in [0.15, 0.2) is 5.78 Å². The summed E-state index contributed by atoms with van der Waals surface area (Å²) in [4.78, 5) is 12.9. The summed E-state index contributed by atoms with van der Waals surface area (Å²) >= 11 is 6.15. The van der Waals surface area contributed by atoms with E-state index >= 15 is 0 Å². The molecule has 2 bridgehead atoms. The Bertz CT molecular complexity index is 976. The van der Waals surface area contributed by atoms with Gasteiger partial charge >= 0.3 is 0 Å². The summed E-state index contributed by atoms with van der Waals surface area (Å²) in [6, 6.07) is 12.0. The fourth-order valence-electron chi connectivity index (χ4n) is 4.13. The fraction of sp³-hybridized carbons (Fsp3) is 0.348. The van der Waals surface area contributed by atoms with Crippen molar-refractivity contribution in [1.29, 1.82) is 0 Å². The molecule has 2 aromatic rings. The number of carbonyl (C=O) groups excluding carboxylic acids is 1. The van der Waals surface area contributed by atoms with Crippen LogP contribution >= 0.6 is 11.6 Å². The molecule has 4 rings (SSSR count). The number of aliphatic hydroxyl groups excluding tert-OH is 1. The standard InChI is InChI=1S/C23H23ClO3/c1-4-14-12-16(15-6-8-18(24)13(2)11-15)5-7-17(14)20-21(25)19-9-10-23(3,27-19)22(20)26/h5-8,11-12,19,26H,4,9-10H2,1-3H3/t19-,23-/m1/s1. The van der Waals surface area contributed by atoms with Crippen molar-refractivity contribution in [3.8, 4) is 11.1 Å². The molecule has 0 unspecified atom stereocenters. The van der Waals surface area contributed by atoms with Crippen molar-refractivity contribution in [1.82, 2.24) is 0 Å². The maximum atomic E-state index is 12.9. The Morgan fingerprint density at radius 1 is 1.22 bits per heavy atom. The SMILES string of the molecule is CCc1cc(-c2ccc(Cl)c(C)c2)ccc1C1=C(O)[C@@]2(C)CC[C@@H](O2)C1=O. The summed E-state index contributed by atoms with van der Waals surface area (Å²) in [7, 11) is 0. The van der Waals surface area contributed by atoms with Gasteiger partial charge in [0.2, 0.25) is 0 Å². The highest BCUT2D eigenvalue weighted by Crippen LogP contribution is 2.45. The highest BCUT2D eigenvalue weighted by molar-refractivity contribution is 6.31. The van der Waals surface area contributed by atoms with Gasteiger partial charge in [-0.25, -0.2) is 0 Å². The Hall–Kier alpha value is -2.10. The smallest absolute Gasteiger partial charge is 0.195 e. The quantitative estimate of drug-likeness (QED) is 0.744. The summed E-state index contributed by atoms with van der Waals surface area (Å²) in [6.07, 6.45) is 1.65. The van der Waals surface area contributed by atoms with Crippen molar-refractivity contribution in [2.24, 2.45) is 0 Å². The molecule has 0 aromatic heterocycles. The number of hydrogen-bond acceptors (Lipinski definition) is 3. The molecule has 27 heavy (non-hydrogen) atoms. The summed E-state index contributed by atoms with van der Waals surface area (Å²) in [6.45, 7) is 5.92. The second-order valence-electron chi connectivity index (χ2n) is 7.65. The first-order valence-electron chi connectivity index (χ1n) is 9.39. The zero-order valence-electron chi connectivity index (χ0n) is 15.8. The minimum absolute atomic E-state index is 0.0750. The molecule has 3 nitrogen and oxygen atoms in total. The van der Waals surface area contributed by atoms with E-state index < -0.39 is 11.7 Å². The molecule has 4 heteroatoms.